The predicted octanol–water partition coefficient (Wildman–Crippen LogP) is 6.64. The molecule has 0 saturated heterocycles. The Hall–Kier alpha value is -2.36. The van der Waals surface area contributed by atoms with Crippen LogP contribution in [0.15, 0.2) is 75.8 Å². The average Bonchev–Trinajstić information content (AvgIpc) is 3.13. The molecule has 0 N–H and O–H groups in total. The number of benzene rings is 3. The predicted molar refractivity (Wildman–Crippen MR) is 136 cm³/mol. The quantitative estimate of drug-likeness (QED) is 0.175. The fraction of sp³-hybridized carbons (Fsp3) is 0.0833. The Morgan fingerprint density at radius 2 is 1.94 bits per heavy atom. The van der Waals surface area contributed by atoms with E-state index in [-0.39, 0.29) is 11.6 Å². The zero-order chi connectivity index (χ0) is 22.7. The van der Waals surface area contributed by atoms with Crippen molar-refractivity contribution in [3.63, 3.8) is 0 Å². The van der Waals surface area contributed by atoms with Crippen LogP contribution in [0.25, 0.3) is 6.08 Å². The summed E-state index contributed by atoms with van der Waals surface area (Å²) in [5, 5.41) is 0.646. The molecule has 3 aromatic rings. The summed E-state index contributed by atoms with van der Waals surface area (Å²) in [4.78, 5) is 16.7. The Morgan fingerprint density at radius 1 is 1.16 bits per heavy atom. The van der Waals surface area contributed by atoms with Crippen LogP contribution in [0.1, 0.15) is 16.7 Å². The monoisotopic (exact) mass is 623 g/mol. The third-order valence-corrected chi connectivity index (χ3v) is 6.08. The number of carbonyl (C=O) groups excluding carboxylic acids is 1. The van der Waals surface area contributed by atoms with Crippen LogP contribution in [-0.2, 0) is 16.1 Å². The van der Waals surface area contributed by atoms with Gasteiger partial charge >= 0.3 is 5.97 Å². The van der Waals surface area contributed by atoms with Crippen molar-refractivity contribution < 1.29 is 19.0 Å². The minimum absolute atomic E-state index is 0.208. The van der Waals surface area contributed by atoms with Crippen LogP contribution in [0.4, 0.5) is 0 Å². The van der Waals surface area contributed by atoms with Crippen molar-refractivity contribution in [3.05, 3.63) is 96.1 Å². The molecule has 32 heavy (non-hydrogen) atoms. The Morgan fingerprint density at radius 3 is 2.66 bits per heavy atom. The molecule has 0 aliphatic carbocycles. The number of cyclic esters (lactones) is 1. The van der Waals surface area contributed by atoms with Crippen molar-refractivity contribution in [3.8, 4) is 11.5 Å². The molecule has 0 unspecified atom stereocenters. The van der Waals surface area contributed by atoms with Crippen molar-refractivity contribution in [2.45, 2.75) is 6.61 Å². The van der Waals surface area contributed by atoms with E-state index in [9.17, 15) is 4.79 Å². The van der Waals surface area contributed by atoms with Crippen molar-refractivity contribution >= 4 is 68.1 Å². The molecule has 0 radical (unpaired) electrons. The van der Waals surface area contributed by atoms with Crippen LogP contribution < -0.4 is 9.47 Å². The van der Waals surface area contributed by atoms with Gasteiger partial charge in [-0.2, -0.15) is 0 Å². The zero-order valence-electron chi connectivity index (χ0n) is 16.8. The second-order valence-electron chi connectivity index (χ2n) is 6.80. The molecule has 162 valence electrons. The normalized spacial score (nSPS) is 14.3. The summed E-state index contributed by atoms with van der Waals surface area (Å²) in [5.74, 6) is 0.841. The van der Waals surface area contributed by atoms with Crippen LogP contribution in [0, 0.1) is 3.57 Å². The van der Waals surface area contributed by atoms with Gasteiger partial charge in [-0.15, -0.1) is 0 Å². The first kappa shape index (κ1) is 22.8. The number of halogens is 3. The number of carbonyl (C=O) groups is 1. The molecule has 1 aliphatic rings. The third kappa shape index (κ3) is 5.33. The molecule has 5 nitrogen and oxygen atoms in total. The molecule has 4 rings (SSSR count). The second kappa shape index (κ2) is 10.1. The van der Waals surface area contributed by atoms with Gasteiger partial charge in [-0.05, 0) is 104 Å². The van der Waals surface area contributed by atoms with Gasteiger partial charge in [-0.3, -0.25) is 0 Å². The average molecular weight is 625 g/mol. The smallest absolute Gasteiger partial charge is 0.363 e. The number of methoxy groups -OCH3 is 1. The van der Waals surface area contributed by atoms with Gasteiger partial charge in [0.2, 0.25) is 5.90 Å². The Balaban J connectivity index is 1.59. The van der Waals surface area contributed by atoms with Gasteiger partial charge < -0.3 is 14.2 Å². The molecule has 0 fully saturated rings. The summed E-state index contributed by atoms with van der Waals surface area (Å²) in [6.45, 7) is 0.325. The van der Waals surface area contributed by atoms with Crippen LogP contribution in [-0.4, -0.2) is 19.0 Å². The van der Waals surface area contributed by atoms with Crippen LogP contribution in [0.5, 0.6) is 11.5 Å². The minimum Gasteiger partial charge on any atom is -0.493 e. The zero-order valence-corrected chi connectivity index (χ0v) is 21.3. The highest BCUT2D eigenvalue weighted by atomic mass is 127. The number of ether oxygens (including phenoxy) is 3. The lowest BCUT2D eigenvalue weighted by atomic mass is 10.1. The van der Waals surface area contributed by atoms with Gasteiger partial charge in [-0.25, -0.2) is 9.79 Å². The van der Waals surface area contributed by atoms with E-state index >= 15 is 0 Å². The molecule has 8 heteroatoms. The molecule has 0 bridgehead atoms. The first-order chi connectivity index (χ1) is 15.4. The van der Waals surface area contributed by atoms with Gasteiger partial charge in [0.1, 0.15) is 6.61 Å². The Kier molecular flexibility index (Phi) is 7.17. The van der Waals surface area contributed by atoms with E-state index in [1.807, 2.05) is 54.6 Å². The molecule has 0 saturated carbocycles. The highest BCUT2D eigenvalue weighted by molar-refractivity contribution is 14.1. The lowest BCUT2D eigenvalue weighted by molar-refractivity contribution is -0.129. The third-order valence-electron chi connectivity index (χ3n) is 4.54. The lowest BCUT2D eigenvalue weighted by Gasteiger charge is -2.14. The van der Waals surface area contributed by atoms with E-state index in [1.165, 1.54) is 0 Å². The minimum atomic E-state index is -0.505. The van der Waals surface area contributed by atoms with E-state index in [4.69, 9.17) is 25.8 Å². The highest BCUT2D eigenvalue weighted by Crippen LogP contribution is 2.38. The molecule has 1 heterocycles. The van der Waals surface area contributed by atoms with Crippen molar-refractivity contribution in [1.29, 1.82) is 0 Å². The van der Waals surface area contributed by atoms with Gasteiger partial charge in [-0.1, -0.05) is 23.7 Å². The molecule has 0 aromatic heterocycles. The standard InChI is InChI=1S/C24H16BrClINO4/c1-30-21-12-15(10-19(25)22(21)31-13-14-3-2-4-17(26)9-14)11-20-24(29)32-23(28-20)16-5-7-18(27)8-6-16/h2-12H,13H2,1H3. The van der Waals surface area contributed by atoms with Gasteiger partial charge in [0.15, 0.2) is 17.2 Å². The van der Waals surface area contributed by atoms with E-state index in [1.54, 1.807) is 19.3 Å². The number of nitrogens with zero attached hydrogens (tertiary/aromatic N) is 1. The van der Waals surface area contributed by atoms with Gasteiger partial charge in [0, 0.05) is 14.2 Å². The lowest BCUT2D eigenvalue weighted by Crippen LogP contribution is -2.05. The largest absolute Gasteiger partial charge is 0.493 e. The van der Waals surface area contributed by atoms with Crippen molar-refractivity contribution in [1.82, 2.24) is 0 Å². The first-order valence-corrected chi connectivity index (χ1v) is 11.7. The van der Waals surface area contributed by atoms with Crippen LogP contribution in [0.2, 0.25) is 5.02 Å². The maximum atomic E-state index is 12.3. The van der Waals surface area contributed by atoms with E-state index in [0.29, 0.717) is 33.2 Å². The van der Waals surface area contributed by atoms with Crippen molar-refractivity contribution in [2.24, 2.45) is 4.99 Å². The van der Waals surface area contributed by atoms with Crippen LogP contribution >= 0.6 is 50.1 Å². The molecule has 0 spiro atoms. The summed E-state index contributed by atoms with van der Waals surface area (Å²) in [5.41, 5.74) is 2.60. The number of hydrogen-bond acceptors (Lipinski definition) is 5. The summed E-state index contributed by atoms with van der Waals surface area (Å²) >= 11 is 11.8. The number of hydrogen-bond donors (Lipinski definition) is 0. The topological polar surface area (TPSA) is 57.1 Å². The van der Waals surface area contributed by atoms with Gasteiger partial charge in [0.05, 0.1) is 11.6 Å². The van der Waals surface area contributed by atoms with Gasteiger partial charge in [0.25, 0.3) is 0 Å². The summed E-state index contributed by atoms with van der Waals surface area (Å²) in [7, 11) is 1.56. The van der Waals surface area contributed by atoms with E-state index in [2.05, 4.69) is 43.5 Å². The molecule has 0 atom stereocenters. The maximum Gasteiger partial charge on any atom is 0.363 e. The SMILES string of the molecule is COc1cc(C=C2N=C(c3ccc(I)cc3)OC2=O)cc(Br)c1OCc1cccc(Cl)c1. The van der Waals surface area contributed by atoms with Crippen molar-refractivity contribution in [2.75, 3.05) is 7.11 Å². The molecular weight excluding hydrogens is 609 g/mol. The maximum absolute atomic E-state index is 12.3. The van der Waals surface area contributed by atoms with Crippen LogP contribution in [0.3, 0.4) is 0 Å². The first-order valence-electron chi connectivity index (χ1n) is 9.46. The Bertz CT molecular complexity index is 1240. The molecular formula is C24H16BrClINO4. The summed E-state index contributed by atoms with van der Waals surface area (Å²) in [6.07, 6.45) is 1.65. The summed E-state index contributed by atoms with van der Waals surface area (Å²) in [6, 6.07) is 18.6. The number of aliphatic imine (C=N–C) groups is 1. The molecule has 3 aromatic carbocycles. The molecule has 1 aliphatic heterocycles. The Labute approximate surface area is 212 Å². The highest BCUT2D eigenvalue weighted by Gasteiger charge is 2.24. The fourth-order valence-corrected chi connectivity index (χ4v) is 4.18. The van der Waals surface area contributed by atoms with E-state index < -0.39 is 5.97 Å². The number of esters is 1. The van der Waals surface area contributed by atoms with E-state index in [0.717, 1.165) is 14.7 Å². The number of rotatable bonds is 6. The second-order valence-corrected chi connectivity index (χ2v) is 9.33. The fourth-order valence-electron chi connectivity index (χ4n) is 3.03. The summed E-state index contributed by atoms with van der Waals surface area (Å²) < 4.78 is 18.6. The molecule has 0 amide bonds.